The Morgan fingerprint density at radius 2 is 2.33 bits per heavy atom. The molecule has 3 rings (SSSR count). The molecule has 1 atom stereocenters. The van der Waals surface area contributed by atoms with Crippen LogP contribution in [-0.2, 0) is 13.0 Å². The zero-order valence-corrected chi connectivity index (χ0v) is 10.1. The largest absolute Gasteiger partial charge is 0.495 e. The molecule has 0 saturated heterocycles. The highest BCUT2D eigenvalue weighted by Crippen LogP contribution is 2.26. The van der Waals surface area contributed by atoms with E-state index in [0.717, 1.165) is 11.3 Å². The van der Waals surface area contributed by atoms with Crippen LogP contribution in [0.3, 0.4) is 0 Å². The van der Waals surface area contributed by atoms with Gasteiger partial charge in [-0.15, -0.1) is 0 Å². The van der Waals surface area contributed by atoms with Crippen LogP contribution in [0, 0.1) is 0 Å². The summed E-state index contributed by atoms with van der Waals surface area (Å²) in [5, 5.41) is 10.3. The first-order valence-electron chi connectivity index (χ1n) is 5.95. The molecule has 0 amide bonds. The Hall–Kier alpha value is -1.88. The van der Waals surface area contributed by atoms with E-state index in [0.29, 0.717) is 30.5 Å². The highest BCUT2D eigenvalue weighted by molar-refractivity contribution is 5.84. The number of methoxy groups -OCH3 is 1. The van der Waals surface area contributed by atoms with Gasteiger partial charge in [0, 0.05) is 6.42 Å². The lowest BCUT2D eigenvalue weighted by Gasteiger charge is -2.24. The van der Waals surface area contributed by atoms with Gasteiger partial charge in [0.2, 0.25) is 0 Å². The zero-order valence-electron chi connectivity index (χ0n) is 10.1. The lowest BCUT2D eigenvalue weighted by atomic mass is 10.1. The van der Waals surface area contributed by atoms with Crippen molar-refractivity contribution in [3.63, 3.8) is 0 Å². The molecule has 0 radical (unpaired) electrons. The molecule has 18 heavy (non-hydrogen) atoms. The van der Waals surface area contributed by atoms with Crippen LogP contribution in [0.4, 0.5) is 0 Å². The van der Waals surface area contributed by atoms with Crippen molar-refractivity contribution < 1.29 is 9.84 Å². The van der Waals surface area contributed by atoms with E-state index in [1.807, 2.05) is 10.6 Å². The maximum atomic E-state index is 12.0. The number of aryl methyl sites for hydroxylation is 1. The number of aliphatic hydroxyl groups is 1. The molecule has 0 bridgehead atoms. The average Bonchev–Trinajstić information content (AvgIpc) is 2.39. The minimum absolute atomic E-state index is 0.230. The summed E-state index contributed by atoms with van der Waals surface area (Å²) in [5.41, 5.74) is 0.500. The fraction of sp³-hybridized carbons (Fsp3) is 0.385. The summed E-state index contributed by atoms with van der Waals surface area (Å²) in [4.78, 5) is 16.1. The van der Waals surface area contributed by atoms with Gasteiger partial charge in [0.05, 0.1) is 30.7 Å². The summed E-state index contributed by atoms with van der Waals surface area (Å²) in [6.45, 7) is 0.458. The van der Waals surface area contributed by atoms with Gasteiger partial charge in [-0.2, -0.15) is 4.98 Å². The second kappa shape index (κ2) is 4.10. The van der Waals surface area contributed by atoms with Crippen LogP contribution in [0.2, 0.25) is 0 Å². The Bertz CT molecular complexity index is 663. The van der Waals surface area contributed by atoms with Crippen molar-refractivity contribution in [2.45, 2.75) is 25.5 Å². The molecule has 0 aliphatic carbocycles. The number of ether oxygens (including phenoxy) is 1. The average molecular weight is 246 g/mol. The summed E-state index contributed by atoms with van der Waals surface area (Å²) in [6.07, 6.45) is 0.868. The van der Waals surface area contributed by atoms with Crippen LogP contribution in [0.15, 0.2) is 23.0 Å². The first-order valence-corrected chi connectivity index (χ1v) is 5.95. The first kappa shape index (κ1) is 11.2. The Balaban J connectivity index is 2.41. The Morgan fingerprint density at radius 3 is 3.11 bits per heavy atom. The van der Waals surface area contributed by atoms with Gasteiger partial charge in [-0.1, -0.05) is 6.07 Å². The van der Waals surface area contributed by atoms with Crippen molar-refractivity contribution in [2.24, 2.45) is 0 Å². The molecule has 0 fully saturated rings. The molecule has 2 heterocycles. The second-order valence-corrected chi connectivity index (χ2v) is 4.49. The Morgan fingerprint density at radius 1 is 1.50 bits per heavy atom. The van der Waals surface area contributed by atoms with Gasteiger partial charge in [-0.25, -0.2) is 0 Å². The van der Waals surface area contributed by atoms with Crippen LogP contribution >= 0.6 is 0 Å². The molecule has 5 nitrogen and oxygen atoms in total. The number of fused-ring (bicyclic) bond motifs is 3. The third-order valence-electron chi connectivity index (χ3n) is 3.36. The van der Waals surface area contributed by atoms with Gasteiger partial charge >= 0.3 is 0 Å². The monoisotopic (exact) mass is 246 g/mol. The third-order valence-corrected chi connectivity index (χ3v) is 3.36. The highest BCUT2D eigenvalue weighted by atomic mass is 16.5. The number of nitrogens with zero attached hydrogens (tertiary/aromatic N) is 2. The molecule has 94 valence electrons. The number of hydrogen-bond acceptors (Lipinski definition) is 4. The van der Waals surface area contributed by atoms with E-state index < -0.39 is 6.10 Å². The molecule has 2 aromatic rings. The number of aromatic nitrogens is 2. The van der Waals surface area contributed by atoms with E-state index in [1.165, 1.54) is 0 Å². The normalized spacial score (nSPS) is 18.7. The summed E-state index contributed by atoms with van der Waals surface area (Å²) < 4.78 is 7.21. The molecular weight excluding hydrogens is 232 g/mol. The molecule has 5 heteroatoms. The molecule has 1 aliphatic heterocycles. The van der Waals surface area contributed by atoms with E-state index in [4.69, 9.17) is 4.74 Å². The van der Waals surface area contributed by atoms with E-state index >= 15 is 0 Å². The van der Waals surface area contributed by atoms with Gasteiger partial charge in [0.15, 0.2) is 0 Å². The fourth-order valence-corrected chi connectivity index (χ4v) is 2.49. The van der Waals surface area contributed by atoms with Gasteiger partial charge in [0.1, 0.15) is 11.6 Å². The maximum absolute atomic E-state index is 12.0. The minimum atomic E-state index is -0.394. The molecule has 1 aromatic heterocycles. The fourth-order valence-electron chi connectivity index (χ4n) is 2.49. The topological polar surface area (TPSA) is 64.3 Å². The number of benzene rings is 1. The van der Waals surface area contributed by atoms with Crippen molar-refractivity contribution in [1.29, 1.82) is 0 Å². The smallest absolute Gasteiger partial charge is 0.280 e. The van der Waals surface area contributed by atoms with Gasteiger partial charge < -0.3 is 14.4 Å². The van der Waals surface area contributed by atoms with Crippen molar-refractivity contribution in [3.8, 4) is 5.75 Å². The molecule has 1 aliphatic rings. The molecule has 0 spiro atoms. The Kier molecular flexibility index (Phi) is 2.56. The van der Waals surface area contributed by atoms with Crippen LogP contribution < -0.4 is 10.3 Å². The molecule has 1 aromatic carbocycles. The maximum Gasteiger partial charge on any atom is 0.280 e. The number of aliphatic hydroxyl groups excluding tert-OH is 1. The van der Waals surface area contributed by atoms with E-state index in [-0.39, 0.29) is 5.56 Å². The van der Waals surface area contributed by atoms with Gasteiger partial charge in [-0.3, -0.25) is 4.79 Å². The third kappa shape index (κ3) is 1.59. The predicted octanol–water partition coefficient (Wildman–Crippen LogP) is 0.712. The van der Waals surface area contributed by atoms with Crippen LogP contribution in [0.25, 0.3) is 10.9 Å². The molecular formula is C13H14N2O3. The second-order valence-electron chi connectivity index (χ2n) is 4.49. The number of para-hydroxylation sites is 1. The minimum Gasteiger partial charge on any atom is -0.495 e. The molecule has 1 unspecified atom stereocenters. The number of rotatable bonds is 1. The summed E-state index contributed by atoms with van der Waals surface area (Å²) in [5.74, 6) is 1.37. The summed E-state index contributed by atoms with van der Waals surface area (Å²) in [6, 6.07) is 5.33. The summed E-state index contributed by atoms with van der Waals surface area (Å²) >= 11 is 0. The quantitative estimate of drug-likeness (QED) is 0.805. The van der Waals surface area contributed by atoms with Crippen molar-refractivity contribution in [3.05, 3.63) is 34.4 Å². The predicted molar refractivity (Wildman–Crippen MR) is 66.9 cm³/mol. The van der Waals surface area contributed by atoms with Gasteiger partial charge in [0.25, 0.3) is 5.56 Å². The molecule has 1 N–H and O–H groups in total. The number of hydrogen-bond donors (Lipinski definition) is 1. The summed E-state index contributed by atoms with van der Waals surface area (Å²) in [7, 11) is 1.58. The van der Waals surface area contributed by atoms with Crippen LogP contribution in [-0.4, -0.2) is 27.9 Å². The van der Waals surface area contributed by atoms with Crippen LogP contribution in [0.1, 0.15) is 12.2 Å². The highest BCUT2D eigenvalue weighted by Gasteiger charge is 2.21. The van der Waals surface area contributed by atoms with Crippen molar-refractivity contribution in [2.75, 3.05) is 7.11 Å². The standard InChI is InChI=1S/C13H14N2O3/c1-18-10-4-2-3-9-12(10)15-7-8(16)5-6-11(15)14-13(9)17/h2-4,8,16H,5-7H2,1H3. The van der Waals surface area contributed by atoms with Crippen molar-refractivity contribution >= 4 is 10.9 Å². The molecule has 0 saturated carbocycles. The lowest BCUT2D eigenvalue weighted by Crippen LogP contribution is -2.30. The van der Waals surface area contributed by atoms with Crippen molar-refractivity contribution in [1.82, 2.24) is 9.55 Å². The van der Waals surface area contributed by atoms with E-state index in [1.54, 1.807) is 19.2 Å². The SMILES string of the molecule is COc1cccc2c(=O)nc3n(c12)CC(O)CC3. The zero-order chi connectivity index (χ0) is 12.7. The lowest BCUT2D eigenvalue weighted by molar-refractivity contribution is 0.130. The van der Waals surface area contributed by atoms with Crippen LogP contribution in [0.5, 0.6) is 5.75 Å². The van der Waals surface area contributed by atoms with Gasteiger partial charge in [-0.05, 0) is 18.6 Å². The first-order chi connectivity index (χ1) is 8.70. The Labute approximate surface area is 104 Å². The van der Waals surface area contributed by atoms with E-state index in [9.17, 15) is 9.90 Å². The van der Waals surface area contributed by atoms with E-state index in [2.05, 4.69) is 4.98 Å².